The van der Waals surface area contributed by atoms with Crippen LogP contribution in [0, 0.1) is 13.8 Å². The second kappa shape index (κ2) is 7.53. The average molecular weight is 333 g/mol. The number of aromatic nitrogens is 3. The molecule has 25 heavy (non-hydrogen) atoms. The maximum atomic E-state index is 12.3. The van der Waals surface area contributed by atoms with Gasteiger partial charge in [-0.15, -0.1) is 0 Å². The molecule has 6 nitrogen and oxygen atoms in total. The number of rotatable bonds is 5. The van der Waals surface area contributed by atoms with Gasteiger partial charge in [0, 0.05) is 30.7 Å². The number of nitrogens with zero attached hydrogens (tertiary/aromatic N) is 3. The SMILES string of the molecule is Cc1ccc(C)c(Nc2cc(C(=O)NCc3cccnc3)ncn2)c1. The molecule has 1 amide bonds. The van der Waals surface area contributed by atoms with Gasteiger partial charge >= 0.3 is 0 Å². The number of nitrogens with one attached hydrogen (secondary N) is 2. The Hall–Kier alpha value is -3.28. The van der Waals surface area contributed by atoms with Gasteiger partial charge in [0.2, 0.25) is 0 Å². The van der Waals surface area contributed by atoms with Gasteiger partial charge in [0.1, 0.15) is 17.8 Å². The summed E-state index contributed by atoms with van der Waals surface area (Å²) in [7, 11) is 0. The molecule has 0 atom stereocenters. The zero-order chi connectivity index (χ0) is 17.6. The summed E-state index contributed by atoms with van der Waals surface area (Å²) in [5.41, 5.74) is 4.45. The van der Waals surface area contributed by atoms with Gasteiger partial charge in [0.25, 0.3) is 5.91 Å². The Kier molecular flexibility index (Phi) is 4.99. The predicted octanol–water partition coefficient (Wildman–Crippen LogP) is 3.16. The molecule has 0 unspecified atom stereocenters. The Bertz CT molecular complexity index is 880. The van der Waals surface area contributed by atoms with E-state index in [0.29, 0.717) is 18.1 Å². The number of carbonyl (C=O) groups excluding carboxylic acids is 1. The van der Waals surface area contributed by atoms with Crippen LogP contribution in [0.2, 0.25) is 0 Å². The van der Waals surface area contributed by atoms with Gasteiger partial charge < -0.3 is 10.6 Å². The summed E-state index contributed by atoms with van der Waals surface area (Å²) in [5.74, 6) is 0.325. The molecule has 0 saturated carbocycles. The lowest BCUT2D eigenvalue weighted by Gasteiger charge is -2.10. The molecule has 3 aromatic rings. The molecule has 1 aromatic carbocycles. The molecule has 0 spiro atoms. The van der Waals surface area contributed by atoms with Crippen molar-refractivity contribution in [1.29, 1.82) is 0 Å². The number of hydrogen-bond donors (Lipinski definition) is 2. The van der Waals surface area contributed by atoms with Crippen LogP contribution in [0.5, 0.6) is 0 Å². The van der Waals surface area contributed by atoms with Crippen LogP contribution in [0.15, 0.2) is 55.1 Å². The van der Waals surface area contributed by atoms with Gasteiger partial charge in [-0.2, -0.15) is 0 Å². The third-order valence-corrected chi connectivity index (χ3v) is 3.73. The van der Waals surface area contributed by atoms with Crippen LogP contribution in [0.1, 0.15) is 27.2 Å². The number of aryl methyl sites for hydroxylation is 2. The number of pyridine rings is 1. The zero-order valence-electron chi connectivity index (χ0n) is 14.2. The van der Waals surface area contributed by atoms with Gasteiger partial charge in [-0.05, 0) is 42.7 Å². The normalized spacial score (nSPS) is 10.3. The van der Waals surface area contributed by atoms with Crippen LogP contribution in [-0.4, -0.2) is 20.9 Å². The third-order valence-electron chi connectivity index (χ3n) is 3.73. The largest absolute Gasteiger partial charge is 0.347 e. The fourth-order valence-electron chi connectivity index (χ4n) is 2.33. The molecule has 2 N–H and O–H groups in total. The number of amides is 1. The van der Waals surface area contributed by atoms with E-state index < -0.39 is 0 Å². The third kappa shape index (κ3) is 4.38. The van der Waals surface area contributed by atoms with Gasteiger partial charge in [0.05, 0.1) is 0 Å². The van der Waals surface area contributed by atoms with E-state index in [9.17, 15) is 4.79 Å². The van der Waals surface area contributed by atoms with E-state index >= 15 is 0 Å². The van der Waals surface area contributed by atoms with Crippen molar-refractivity contribution in [2.24, 2.45) is 0 Å². The van der Waals surface area contributed by atoms with E-state index in [0.717, 1.165) is 22.4 Å². The molecule has 0 aliphatic carbocycles. The first-order valence-corrected chi connectivity index (χ1v) is 7.95. The summed E-state index contributed by atoms with van der Waals surface area (Å²) in [4.78, 5) is 24.6. The summed E-state index contributed by atoms with van der Waals surface area (Å²) >= 11 is 0. The molecule has 0 fully saturated rings. The Balaban J connectivity index is 1.70. The van der Waals surface area contributed by atoms with E-state index in [2.05, 4.69) is 31.7 Å². The quantitative estimate of drug-likeness (QED) is 0.750. The minimum absolute atomic E-state index is 0.254. The lowest BCUT2D eigenvalue weighted by molar-refractivity contribution is 0.0945. The first kappa shape index (κ1) is 16.6. The maximum Gasteiger partial charge on any atom is 0.270 e. The number of anilines is 2. The summed E-state index contributed by atoms with van der Waals surface area (Å²) in [6.45, 7) is 4.45. The smallest absolute Gasteiger partial charge is 0.270 e. The molecular formula is C19H19N5O. The second-order valence-electron chi connectivity index (χ2n) is 5.78. The second-order valence-corrected chi connectivity index (χ2v) is 5.78. The van der Waals surface area contributed by atoms with Crippen LogP contribution in [0.3, 0.4) is 0 Å². The van der Waals surface area contributed by atoms with Crippen LogP contribution in [-0.2, 0) is 6.54 Å². The van der Waals surface area contributed by atoms with Gasteiger partial charge in [-0.25, -0.2) is 9.97 Å². The highest BCUT2D eigenvalue weighted by molar-refractivity contribution is 5.92. The van der Waals surface area contributed by atoms with Crippen LogP contribution in [0.4, 0.5) is 11.5 Å². The standard InChI is InChI=1S/C19H19N5O/c1-13-5-6-14(2)16(8-13)24-18-9-17(22-12-23-18)19(25)21-11-15-4-3-7-20-10-15/h3-10,12H,11H2,1-2H3,(H,21,25)(H,22,23,24). The van der Waals surface area contributed by atoms with Crippen LogP contribution in [0.25, 0.3) is 0 Å². The fourth-order valence-corrected chi connectivity index (χ4v) is 2.33. The number of benzene rings is 1. The molecule has 0 aliphatic heterocycles. The van der Waals surface area contributed by atoms with Crippen molar-refractivity contribution in [2.45, 2.75) is 20.4 Å². The Morgan fingerprint density at radius 2 is 2.00 bits per heavy atom. The van der Waals surface area contributed by atoms with Crippen LogP contribution < -0.4 is 10.6 Å². The maximum absolute atomic E-state index is 12.3. The van der Waals surface area contributed by atoms with Crippen molar-refractivity contribution in [2.75, 3.05) is 5.32 Å². The van der Waals surface area contributed by atoms with Crippen molar-refractivity contribution >= 4 is 17.4 Å². The monoisotopic (exact) mass is 333 g/mol. The summed E-state index contributed by atoms with van der Waals surface area (Å²) in [6.07, 6.45) is 4.79. The molecule has 0 aliphatic rings. The zero-order valence-corrected chi connectivity index (χ0v) is 14.2. The Morgan fingerprint density at radius 3 is 2.80 bits per heavy atom. The molecule has 6 heteroatoms. The van der Waals surface area contributed by atoms with E-state index in [1.54, 1.807) is 18.5 Å². The molecule has 2 heterocycles. The first-order chi connectivity index (χ1) is 12.1. The van der Waals surface area contributed by atoms with E-state index in [1.165, 1.54) is 6.33 Å². The van der Waals surface area contributed by atoms with E-state index in [4.69, 9.17) is 0 Å². The molecule has 0 saturated heterocycles. The van der Waals surface area contributed by atoms with E-state index in [-0.39, 0.29) is 5.91 Å². The van der Waals surface area contributed by atoms with Crippen molar-refractivity contribution in [3.8, 4) is 0 Å². The highest BCUT2D eigenvalue weighted by Crippen LogP contribution is 2.20. The van der Waals surface area contributed by atoms with Gasteiger partial charge in [0.15, 0.2) is 0 Å². The minimum atomic E-state index is -0.254. The average Bonchev–Trinajstić information content (AvgIpc) is 2.64. The van der Waals surface area contributed by atoms with Crippen molar-refractivity contribution in [3.05, 3.63) is 77.5 Å². The number of hydrogen-bond acceptors (Lipinski definition) is 5. The molecule has 0 radical (unpaired) electrons. The van der Waals surface area contributed by atoms with E-state index in [1.807, 2.05) is 38.1 Å². The van der Waals surface area contributed by atoms with Gasteiger partial charge in [-0.3, -0.25) is 9.78 Å². The molecule has 3 rings (SSSR count). The van der Waals surface area contributed by atoms with Crippen molar-refractivity contribution in [3.63, 3.8) is 0 Å². The van der Waals surface area contributed by atoms with Gasteiger partial charge in [-0.1, -0.05) is 18.2 Å². The van der Waals surface area contributed by atoms with Crippen LogP contribution >= 0.6 is 0 Å². The predicted molar refractivity (Wildman–Crippen MR) is 96.6 cm³/mol. The molecule has 0 bridgehead atoms. The highest BCUT2D eigenvalue weighted by Gasteiger charge is 2.09. The highest BCUT2D eigenvalue weighted by atomic mass is 16.1. The summed E-state index contributed by atoms with van der Waals surface area (Å²) < 4.78 is 0. The lowest BCUT2D eigenvalue weighted by Crippen LogP contribution is -2.24. The topological polar surface area (TPSA) is 79.8 Å². The molecule has 2 aromatic heterocycles. The minimum Gasteiger partial charge on any atom is -0.347 e. The Labute approximate surface area is 146 Å². The first-order valence-electron chi connectivity index (χ1n) is 7.95. The Morgan fingerprint density at radius 1 is 1.12 bits per heavy atom. The summed E-state index contributed by atoms with van der Waals surface area (Å²) in [6, 6.07) is 11.5. The lowest BCUT2D eigenvalue weighted by atomic mass is 10.1. The fraction of sp³-hybridized carbons (Fsp3) is 0.158. The summed E-state index contributed by atoms with van der Waals surface area (Å²) in [5, 5.41) is 6.07. The molecular weight excluding hydrogens is 314 g/mol. The number of carbonyl (C=O) groups is 1. The van der Waals surface area contributed by atoms with Crippen molar-refractivity contribution < 1.29 is 4.79 Å². The molecule has 126 valence electrons. The van der Waals surface area contributed by atoms with Crippen molar-refractivity contribution in [1.82, 2.24) is 20.3 Å².